The molecule has 8 heteroatoms. The summed E-state index contributed by atoms with van der Waals surface area (Å²) >= 11 is 1.32. The van der Waals surface area contributed by atoms with Crippen LogP contribution in [0.4, 0.5) is 15.6 Å². The molecule has 2 aromatic rings. The summed E-state index contributed by atoms with van der Waals surface area (Å²) in [7, 11) is 1.44. The van der Waals surface area contributed by atoms with E-state index in [9.17, 15) is 9.59 Å². The van der Waals surface area contributed by atoms with Crippen LogP contribution in [0.15, 0.2) is 24.4 Å². The van der Waals surface area contributed by atoms with Crippen molar-refractivity contribution in [1.29, 1.82) is 0 Å². The molecule has 0 spiro atoms. The molecule has 0 unspecified atom stereocenters. The minimum Gasteiger partial charge on any atom is -0.497 e. The van der Waals surface area contributed by atoms with Gasteiger partial charge in [0.25, 0.3) is 0 Å². The summed E-state index contributed by atoms with van der Waals surface area (Å²) in [6, 6.07) is 3.81. The quantitative estimate of drug-likeness (QED) is 0.806. The number of anilines is 2. The molecule has 0 atom stereocenters. The number of aryl methyl sites for hydroxylation is 1. The van der Waals surface area contributed by atoms with Crippen molar-refractivity contribution in [2.45, 2.75) is 6.92 Å². The number of methoxy groups -OCH3 is 1. The maximum Gasteiger partial charge on any atom is 0.337 e. The molecule has 0 radical (unpaired) electrons. The van der Waals surface area contributed by atoms with E-state index in [4.69, 9.17) is 9.84 Å². The monoisotopic (exact) mass is 307 g/mol. The minimum atomic E-state index is -1.16. The summed E-state index contributed by atoms with van der Waals surface area (Å²) in [6.45, 7) is 1.87. The molecule has 0 aliphatic rings. The van der Waals surface area contributed by atoms with Crippen molar-refractivity contribution in [2.75, 3.05) is 17.7 Å². The van der Waals surface area contributed by atoms with Crippen LogP contribution in [0.25, 0.3) is 0 Å². The molecule has 1 aromatic heterocycles. The zero-order chi connectivity index (χ0) is 15.4. The molecule has 2 rings (SSSR count). The predicted octanol–water partition coefficient (Wildman–Crippen LogP) is 2.80. The topological polar surface area (TPSA) is 101 Å². The van der Waals surface area contributed by atoms with E-state index in [1.165, 1.54) is 30.6 Å². The van der Waals surface area contributed by atoms with Crippen LogP contribution in [-0.2, 0) is 0 Å². The zero-order valence-corrected chi connectivity index (χ0v) is 12.2. The molecule has 7 nitrogen and oxygen atoms in total. The third kappa shape index (κ3) is 3.69. The number of nitrogens with one attached hydrogen (secondary N) is 2. The van der Waals surface area contributed by atoms with E-state index in [1.807, 2.05) is 6.92 Å². The van der Waals surface area contributed by atoms with Crippen molar-refractivity contribution in [2.24, 2.45) is 0 Å². The number of carboxylic acid groups (broad SMARTS) is 1. The summed E-state index contributed by atoms with van der Waals surface area (Å²) in [6.07, 6.45) is 1.64. The second-order valence-electron chi connectivity index (χ2n) is 4.07. The van der Waals surface area contributed by atoms with Gasteiger partial charge in [0.05, 0.1) is 18.4 Å². The smallest absolute Gasteiger partial charge is 0.337 e. The number of rotatable bonds is 4. The highest BCUT2D eigenvalue weighted by Gasteiger charge is 2.14. The van der Waals surface area contributed by atoms with E-state index < -0.39 is 12.0 Å². The van der Waals surface area contributed by atoms with E-state index in [0.29, 0.717) is 10.9 Å². The highest BCUT2D eigenvalue weighted by Crippen LogP contribution is 2.23. The van der Waals surface area contributed by atoms with Gasteiger partial charge in [0, 0.05) is 11.1 Å². The number of nitrogens with zero attached hydrogens (tertiary/aromatic N) is 1. The second kappa shape index (κ2) is 6.23. The number of carbonyl (C=O) groups excluding carboxylic acids is 1. The van der Waals surface area contributed by atoms with Gasteiger partial charge >= 0.3 is 12.0 Å². The number of hydrogen-bond donors (Lipinski definition) is 3. The molecule has 0 saturated carbocycles. The number of amides is 2. The number of urea groups is 1. The maximum absolute atomic E-state index is 11.8. The van der Waals surface area contributed by atoms with Gasteiger partial charge in [-0.2, -0.15) is 0 Å². The van der Waals surface area contributed by atoms with E-state index in [1.54, 1.807) is 12.3 Å². The van der Waals surface area contributed by atoms with Crippen LogP contribution < -0.4 is 15.4 Å². The first-order valence-corrected chi connectivity index (χ1v) is 6.73. The highest BCUT2D eigenvalue weighted by molar-refractivity contribution is 7.15. The Hall–Kier alpha value is -2.61. The average molecular weight is 307 g/mol. The van der Waals surface area contributed by atoms with Gasteiger partial charge in [-0.1, -0.05) is 0 Å². The number of thiazole rings is 1. The lowest BCUT2D eigenvalue weighted by atomic mass is 10.1. The molecule has 0 aliphatic carbocycles. The van der Waals surface area contributed by atoms with Crippen molar-refractivity contribution in [3.05, 3.63) is 34.8 Å². The van der Waals surface area contributed by atoms with Crippen LogP contribution in [0.3, 0.4) is 0 Å². The van der Waals surface area contributed by atoms with E-state index >= 15 is 0 Å². The molecule has 1 heterocycles. The van der Waals surface area contributed by atoms with Gasteiger partial charge in [-0.05, 0) is 25.1 Å². The maximum atomic E-state index is 11.8. The summed E-state index contributed by atoms with van der Waals surface area (Å²) in [5.74, 6) is -0.761. The number of carbonyl (C=O) groups is 2. The molecule has 3 N–H and O–H groups in total. The fraction of sp³-hybridized carbons (Fsp3) is 0.154. The fourth-order valence-electron chi connectivity index (χ4n) is 1.60. The van der Waals surface area contributed by atoms with Gasteiger partial charge in [-0.25, -0.2) is 14.6 Å². The lowest BCUT2D eigenvalue weighted by molar-refractivity contribution is 0.0697. The Morgan fingerprint density at radius 2 is 2.10 bits per heavy atom. The van der Waals surface area contributed by atoms with Crippen LogP contribution in [-0.4, -0.2) is 29.2 Å². The van der Waals surface area contributed by atoms with Crippen LogP contribution in [0, 0.1) is 6.92 Å². The number of aromatic nitrogens is 1. The number of ether oxygens (including phenoxy) is 1. The average Bonchev–Trinajstić information content (AvgIpc) is 2.84. The molecular formula is C13H13N3O4S. The Labute approximate surface area is 124 Å². The van der Waals surface area contributed by atoms with Crippen LogP contribution in [0.2, 0.25) is 0 Å². The highest BCUT2D eigenvalue weighted by atomic mass is 32.1. The minimum absolute atomic E-state index is 0.0557. The fourth-order valence-corrected chi connectivity index (χ4v) is 2.26. The lowest BCUT2D eigenvalue weighted by Gasteiger charge is -2.10. The Bertz CT molecular complexity index is 684. The van der Waals surface area contributed by atoms with E-state index in [-0.39, 0.29) is 11.3 Å². The molecule has 2 amide bonds. The standard InChI is InChI=1S/C13H13N3O4S/c1-7-6-14-13(21-7)16-12(19)15-10-4-3-8(20-2)5-9(10)11(17)18/h3-6H,1-2H3,(H,17,18)(H2,14,15,16,19). The van der Waals surface area contributed by atoms with Crippen LogP contribution in [0.5, 0.6) is 5.75 Å². The van der Waals surface area contributed by atoms with E-state index in [2.05, 4.69) is 15.6 Å². The Kier molecular flexibility index (Phi) is 4.39. The Morgan fingerprint density at radius 1 is 1.33 bits per heavy atom. The van der Waals surface area contributed by atoms with Gasteiger partial charge in [0.2, 0.25) is 0 Å². The largest absolute Gasteiger partial charge is 0.497 e. The van der Waals surface area contributed by atoms with Gasteiger partial charge in [0.15, 0.2) is 5.13 Å². The third-order valence-corrected chi connectivity index (χ3v) is 3.38. The van der Waals surface area contributed by atoms with Crippen molar-refractivity contribution in [3.8, 4) is 5.75 Å². The molecule has 0 fully saturated rings. The number of aromatic carboxylic acids is 1. The third-order valence-electron chi connectivity index (χ3n) is 2.55. The van der Waals surface area contributed by atoms with Gasteiger partial charge in [0.1, 0.15) is 5.75 Å². The first-order valence-electron chi connectivity index (χ1n) is 5.91. The van der Waals surface area contributed by atoms with Crippen molar-refractivity contribution in [1.82, 2.24) is 4.98 Å². The molecule has 0 bridgehead atoms. The van der Waals surface area contributed by atoms with Gasteiger partial charge < -0.3 is 15.2 Å². The van der Waals surface area contributed by atoms with Crippen LogP contribution >= 0.6 is 11.3 Å². The molecule has 0 aliphatic heterocycles. The zero-order valence-electron chi connectivity index (χ0n) is 11.3. The van der Waals surface area contributed by atoms with Gasteiger partial charge in [-0.15, -0.1) is 11.3 Å². The Balaban J connectivity index is 2.14. The SMILES string of the molecule is COc1ccc(NC(=O)Nc2ncc(C)s2)c(C(=O)O)c1. The van der Waals surface area contributed by atoms with Crippen LogP contribution in [0.1, 0.15) is 15.2 Å². The number of carboxylic acids is 1. The molecule has 0 saturated heterocycles. The molecule has 1 aromatic carbocycles. The lowest BCUT2D eigenvalue weighted by Crippen LogP contribution is -2.20. The predicted molar refractivity (Wildman–Crippen MR) is 79.4 cm³/mol. The van der Waals surface area contributed by atoms with Crippen molar-refractivity contribution >= 4 is 34.2 Å². The van der Waals surface area contributed by atoms with Crippen molar-refractivity contribution in [3.63, 3.8) is 0 Å². The molecular weight excluding hydrogens is 294 g/mol. The summed E-state index contributed by atoms with van der Waals surface area (Å²) in [4.78, 5) is 28.0. The summed E-state index contributed by atoms with van der Waals surface area (Å²) in [5, 5.41) is 14.6. The number of benzene rings is 1. The first kappa shape index (κ1) is 14.8. The summed E-state index contributed by atoms with van der Waals surface area (Å²) in [5.41, 5.74) is 0.119. The number of hydrogen-bond acceptors (Lipinski definition) is 5. The normalized spacial score (nSPS) is 10.0. The Morgan fingerprint density at radius 3 is 2.67 bits per heavy atom. The van der Waals surface area contributed by atoms with E-state index in [0.717, 1.165) is 4.88 Å². The van der Waals surface area contributed by atoms with Gasteiger partial charge in [-0.3, -0.25) is 5.32 Å². The molecule has 110 valence electrons. The first-order chi connectivity index (χ1) is 9.99. The second-order valence-corrected chi connectivity index (χ2v) is 5.31. The molecule has 21 heavy (non-hydrogen) atoms. The summed E-state index contributed by atoms with van der Waals surface area (Å²) < 4.78 is 4.96. The van der Waals surface area contributed by atoms with Crippen molar-refractivity contribution < 1.29 is 19.4 Å².